The van der Waals surface area contributed by atoms with Gasteiger partial charge in [-0.3, -0.25) is 4.79 Å². The van der Waals surface area contributed by atoms with Crippen LogP contribution in [0.15, 0.2) is 35.5 Å². The maximum absolute atomic E-state index is 12.9. The highest BCUT2D eigenvalue weighted by Crippen LogP contribution is 2.38. The van der Waals surface area contributed by atoms with E-state index in [2.05, 4.69) is 5.32 Å². The van der Waals surface area contributed by atoms with Crippen molar-refractivity contribution in [2.24, 2.45) is 5.92 Å². The zero-order chi connectivity index (χ0) is 19.2. The number of carbonyl (C=O) groups excluding carboxylic acids is 2. The molecule has 146 valence electrons. The largest absolute Gasteiger partial charge is 0.494 e. The lowest BCUT2D eigenvalue weighted by molar-refractivity contribution is -0.141. The first-order valence-corrected chi connectivity index (χ1v) is 9.99. The van der Waals surface area contributed by atoms with E-state index in [1.165, 1.54) is 19.3 Å². The van der Waals surface area contributed by atoms with E-state index in [0.717, 1.165) is 18.4 Å². The first-order valence-electron chi connectivity index (χ1n) is 9.99. The van der Waals surface area contributed by atoms with Gasteiger partial charge in [-0.05, 0) is 38.7 Å². The van der Waals surface area contributed by atoms with Gasteiger partial charge in [0.15, 0.2) is 0 Å². The van der Waals surface area contributed by atoms with Crippen molar-refractivity contribution < 1.29 is 19.1 Å². The monoisotopic (exact) mass is 371 g/mol. The van der Waals surface area contributed by atoms with Crippen LogP contribution in [0.4, 0.5) is 0 Å². The second-order valence-electron chi connectivity index (χ2n) is 7.42. The van der Waals surface area contributed by atoms with Gasteiger partial charge in [-0.2, -0.15) is 0 Å². The minimum Gasteiger partial charge on any atom is -0.494 e. The lowest BCUT2D eigenvalue weighted by Gasteiger charge is -2.28. The van der Waals surface area contributed by atoms with Crippen molar-refractivity contribution in [3.8, 4) is 5.75 Å². The van der Waals surface area contributed by atoms with Crippen LogP contribution in [0.5, 0.6) is 5.75 Å². The molecule has 0 saturated heterocycles. The fraction of sp³-hybridized carbons (Fsp3) is 0.545. The van der Waals surface area contributed by atoms with Crippen molar-refractivity contribution in [2.45, 2.75) is 58.3 Å². The van der Waals surface area contributed by atoms with Crippen LogP contribution in [-0.2, 0) is 14.3 Å². The topological polar surface area (TPSA) is 64.6 Å². The molecule has 2 aliphatic rings. The van der Waals surface area contributed by atoms with Crippen LogP contribution >= 0.6 is 0 Å². The van der Waals surface area contributed by atoms with Crippen molar-refractivity contribution in [3.63, 3.8) is 0 Å². The summed E-state index contributed by atoms with van der Waals surface area (Å²) >= 11 is 0. The van der Waals surface area contributed by atoms with Crippen LogP contribution in [0, 0.1) is 5.92 Å². The number of hydrogen-bond acceptors (Lipinski definition) is 4. The minimum atomic E-state index is -0.347. The third kappa shape index (κ3) is 4.71. The summed E-state index contributed by atoms with van der Waals surface area (Å²) in [5.41, 5.74) is 1.98. The number of para-hydroxylation sites is 1. The van der Waals surface area contributed by atoms with E-state index in [1.807, 2.05) is 31.2 Å². The Labute approximate surface area is 161 Å². The predicted octanol–water partition coefficient (Wildman–Crippen LogP) is 4.09. The van der Waals surface area contributed by atoms with E-state index in [0.29, 0.717) is 36.2 Å². The van der Waals surface area contributed by atoms with Gasteiger partial charge in [0, 0.05) is 23.6 Å². The van der Waals surface area contributed by atoms with Gasteiger partial charge in [-0.1, -0.05) is 37.5 Å². The standard InChI is InChI=1S/C22H29NO4/c1-3-26-19-12-8-7-11-17(19)18-13-20(24)23-15(2)21(18)22(25)27-14-16-9-5-4-6-10-16/h7-8,11-12,16,18H,3-6,9-10,13-14H2,1-2H3,(H,23,24). The number of ether oxygens (including phenoxy) is 2. The van der Waals surface area contributed by atoms with Gasteiger partial charge in [-0.15, -0.1) is 0 Å². The fourth-order valence-corrected chi connectivity index (χ4v) is 4.12. The Morgan fingerprint density at radius 1 is 1.19 bits per heavy atom. The number of nitrogens with one attached hydrogen (secondary N) is 1. The number of allylic oxidation sites excluding steroid dienone is 1. The quantitative estimate of drug-likeness (QED) is 0.765. The number of amides is 1. The molecule has 1 unspecified atom stereocenters. The number of rotatable bonds is 6. The molecule has 3 rings (SSSR count). The lowest BCUT2D eigenvalue weighted by Crippen LogP contribution is -2.34. The Balaban J connectivity index is 1.82. The smallest absolute Gasteiger partial charge is 0.336 e. The molecule has 0 spiro atoms. The summed E-state index contributed by atoms with van der Waals surface area (Å²) in [7, 11) is 0. The molecule has 1 heterocycles. The van der Waals surface area contributed by atoms with Crippen LogP contribution in [0.2, 0.25) is 0 Å². The molecule has 1 atom stereocenters. The molecule has 1 aromatic rings. The molecule has 1 N–H and O–H groups in total. The summed E-state index contributed by atoms with van der Waals surface area (Å²) in [6.07, 6.45) is 6.17. The van der Waals surface area contributed by atoms with Gasteiger partial charge in [0.1, 0.15) is 5.75 Å². The second-order valence-corrected chi connectivity index (χ2v) is 7.42. The van der Waals surface area contributed by atoms with Gasteiger partial charge in [0.05, 0.1) is 18.8 Å². The van der Waals surface area contributed by atoms with E-state index in [9.17, 15) is 9.59 Å². The average Bonchev–Trinajstić information content (AvgIpc) is 2.67. The second kappa shape index (κ2) is 9.07. The Kier molecular flexibility index (Phi) is 6.54. The molecule has 0 bridgehead atoms. The highest BCUT2D eigenvalue weighted by atomic mass is 16.5. The van der Waals surface area contributed by atoms with E-state index in [1.54, 1.807) is 6.92 Å². The van der Waals surface area contributed by atoms with Crippen LogP contribution < -0.4 is 10.1 Å². The van der Waals surface area contributed by atoms with Crippen LogP contribution in [0.25, 0.3) is 0 Å². The SMILES string of the molecule is CCOc1ccccc1C1CC(=O)NC(C)=C1C(=O)OCC1CCCCC1. The Bertz CT molecular complexity index is 719. The minimum absolute atomic E-state index is 0.0902. The first-order chi connectivity index (χ1) is 13.1. The highest BCUT2D eigenvalue weighted by Gasteiger charge is 2.34. The van der Waals surface area contributed by atoms with Crippen LogP contribution in [-0.4, -0.2) is 25.1 Å². The fourth-order valence-electron chi connectivity index (χ4n) is 4.12. The molecule has 1 aliphatic carbocycles. The van der Waals surface area contributed by atoms with Crippen molar-refractivity contribution in [1.29, 1.82) is 0 Å². The van der Waals surface area contributed by atoms with Crippen molar-refractivity contribution in [2.75, 3.05) is 13.2 Å². The van der Waals surface area contributed by atoms with Crippen LogP contribution in [0.1, 0.15) is 63.9 Å². The molecule has 1 aromatic carbocycles. The normalized spacial score (nSPS) is 21.0. The van der Waals surface area contributed by atoms with Gasteiger partial charge in [0.2, 0.25) is 5.91 Å². The maximum atomic E-state index is 12.9. The summed E-state index contributed by atoms with van der Waals surface area (Å²) in [4.78, 5) is 25.1. The molecular formula is C22H29NO4. The predicted molar refractivity (Wildman–Crippen MR) is 103 cm³/mol. The van der Waals surface area contributed by atoms with Gasteiger partial charge in [0.25, 0.3) is 0 Å². The Morgan fingerprint density at radius 2 is 1.93 bits per heavy atom. The summed E-state index contributed by atoms with van der Waals surface area (Å²) in [5.74, 6) is 0.406. The molecule has 0 radical (unpaired) electrons. The molecule has 1 fully saturated rings. The van der Waals surface area contributed by atoms with Crippen LogP contribution in [0.3, 0.4) is 0 Å². The zero-order valence-electron chi connectivity index (χ0n) is 16.3. The summed E-state index contributed by atoms with van der Waals surface area (Å²) < 4.78 is 11.4. The highest BCUT2D eigenvalue weighted by molar-refractivity contribution is 5.96. The number of carbonyl (C=O) groups is 2. The van der Waals surface area contributed by atoms with Gasteiger partial charge >= 0.3 is 5.97 Å². The number of benzene rings is 1. The lowest BCUT2D eigenvalue weighted by atomic mass is 9.84. The molecule has 1 aliphatic heterocycles. The van der Waals surface area contributed by atoms with Crippen molar-refractivity contribution in [1.82, 2.24) is 5.32 Å². The molecule has 5 nitrogen and oxygen atoms in total. The zero-order valence-corrected chi connectivity index (χ0v) is 16.3. The molecular weight excluding hydrogens is 342 g/mol. The summed E-state index contributed by atoms with van der Waals surface area (Å²) in [6.45, 7) is 4.68. The molecule has 1 amide bonds. The number of esters is 1. The summed E-state index contributed by atoms with van der Waals surface area (Å²) in [6, 6.07) is 7.61. The third-order valence-corrected chi connectivity index (χ3v) is 5.46. The Morgan fingerprint density at radius 3 is 2.67 bits per heavy atom. The molecule has 1 saturated carbocycles. The van der Waals surface area contributed by atoms with Crippen molar-refractivity contribution in [3.05, 3.63) is 41.1 Å². The molecule has 5 heteroatoms. The van der Waals surface area contributed by atoms with E-state index < -0.39 is 0 Å². The maximum Gasteiger partial charge on any atom is 0.336 e. The Hall–Kier alpha value is -2.30. The van der Waals surface area contributed by atoms with E-state index in [-0.39, 0.29) is 24.2 Å². The van der Waals surface area contributed by atoms with Crippen molar-refractivity contribution >= 4 is 11.9 Å². The van der Waals surface area contributed by atoms with E-state index >= 15 is 0 Å². The third-order valence-electron chi connectivity index (χ3n) is 5.46. The molecule has 0 aromatic heterocycles. The van der Waals surface area contributed by atoms with E-state index in [4.69, 9.17) is 9.47 Å². The molecule has 27 heavy (non-hydrogen) atoms. The average molecular weight is 371 g/mol. The number of hydrogen-bond donors (Lipinski definition) is 1. The van der Waals surface area contributed by atoms with Gasteiger partial charge < -0.3 is 14.8 Å². The summed E-state index contributed by atoms with van der Waals surface area (Å²) in [5, 5.41) is 2.80. The van der Waals surface area contributed by atoms with Gasteiger partial charge in [-0.25, -0.2) is 4.79 Å². The first kappa shape index (κ1) is 19.5.